The highest BCUT2D eigenvalue weighted by atomic mass is 35.5. The standard InChI is InChI=1S/C20H19ClN2O4S2/c1-27-19-9-6-15(21)13-18(19)23-20(24)14-4-7-17(8-5-14)29(25,26)22-11-10-16-3-2-12-28-16/h2-9,12-13,22H,10-11H2,1H3,(H,23,24). The van der Waals surface area contributed by atoms with Crippen molar-refractivity contribution in [1.82, 2.24) is 4.72 Å². The van der Waals surface area contributed by atoms with E-state index >= 15 is 0 Å². The molecule has 152 valence electrons. The van der Waals surface area contributed by atoms with Crippen LogP contribution in [0.2, 0.25) is 5.02 Å². The number of nitrogens with one attached hydrogen (secondary N) is 2. The minimum atomic E-state index is -3.65. The Morgan fingerprint density at radius 1 is 1.14 bits per heavy atom. The Hall–Kier alpha value is -2.39. The van der Waals surface area contributed by atoms with Gasteiger partial charge >= 0.3 is 0 Å². The third kappa shape index (κ3) is 5.57. The van der Waals surface area contributed by atoms with Crippen molar-refractivity contribution < 1.29 is 17.9 Å². The summed E-state index contributed by atoms with van der Waals surface area (Å²) in [6.45, 7) is 0.305. The molecule has 0 spiro atoms. The van der Waals surface area contributed by atoms with E-state index in [4.69, 9.17) is 16.3 Å². The summed E-state index contributed by atoms with van der Waals surface area (Å²) in [5, 5.41) is 5.12. The number of thiophene rings is 1. The summed E-state index contributed by atoms with van der Waals surface area (Å²) < 4.78 is 32.6. The van der Waals surface area contributed by atoms with Gasteiger partial charge in [0.2, 0.25) is 10.0 Å². The molecule has 2 aromatic carbocycles. The van der Waals surface area contributed by atoms with Gasteiger partial charge in [0, 0.05) is 22.0 Å². The average molecular weight is 451 g/mol. The zero-order valence-electron chi connectivity index (χ0n) is 15.5. The third-order valence-electron chi connectivity index (χ3n) is 4.08. The molecule has 6 nitrogen and oxygen atoms in total. The molecule has 1 heterocycles. The number of halogens is 1. The number of amides is 1. The lowest BCUT2D eigenvalue weighted by atomic mass is 10.2. The van der Waals surface area contributed by atoms with Gasteiger partial charge in [0.1, 0.15) is 5.75 Å². The van der Waals surface area contributed by atoms with Crippen LogP contribution in [0.4, 0.5) is 5.69 Å². The van der Waals surface area contributed by atoms with Crippen molar-refractivity contribution in [2.45, 2.75) is 11.3 Å². The molecule has 0 saturated heterocycles. The summed E-state index contributed by atoms with van der Waals surface area (Å²) in [6.07, 6.45) is 0.624. The first-order valence-corrected chi connectivity index (χ1v) is 11.4. The molecule has 0 aliphatic heterocycles. The van der Waals surface area contributed by atoms with Crippen LogP contribution in [0.15, 0.2) is 64.9 Å². The summed E-state index contributed by atoms with van der Waals surface area (Å²) in [7, 11) is -2.16. The summed E-state index contributed by atoms with van der Waals surface area (Å²) in [5.74, 6) is 0.0667. The average Bonchev–Trinajstić information content (AvgIpc) is 3.21. The number of methoxy groups -OCH3 is 1. The predicted molar refractivity (Wildman–Crippen MR) is 116 cm³/mol. The number of sulfonamides is 1. The monoisotopic (exact) mass is 450 g/mol. The highest BCUT2D eigenvalue weighted by molar-refractivity contribution is 7.89. The first kappa shape index (κ1) is 21.3. The molecule has 0 aliphatic rings. The van der Waals surface area contributed by atoms with Crippen molar-refractivity contribution >= 4 is 44.6 Å². The van der Waals surface area contributed by atoms with E-state index in [1.54, 1.807) is 29.5 Å². The molecule has 2 N–H and O–H groups in total. The van der Waals surface area contributed by atoms with E-state index in [-0.39, 0.29) is 4.90 Å². The predicted octanol–water partition coefficient (Wildman–Crippen LogP) is 4.18. The maximum absolute atomic E-state index is 12.5. The second kappa shape index (κ2) is 9.41. The number of hydrogen-bond donors (Lipinski definition) is 2. The number of hydrogen-bond acceptors (Lipinski definition) is 5. The van der Waals surface area contributed by atoms with Crippen LogP contribution >= 0.6 is 22.9 Å². The normalized spacial score (nSPS) is 11.2. The molecule has 0 saturated carbocycles. The van der Waals surface area contributed by atoms with Gasteiger partial charge in [0.05, 0.1) is 17.7 Å². The van der Waals surface area contributed by atoms with Gasteiger partial charge in [0.15, 0.2) is 0 Å². The minimum Gasteiger partial charge on any atom is -0.495 e. The van der Waals surface area contributed by atoms with Gasteiger partial charge in [-0.15, -0.1) is 11.3 Å². The van der Waals surface area contributed by atoms with Gasteiger partial charge in [-0.25, -0.2) is 13.1 Å². The van der Waals surface area contributed by atoms with E-state index in [1.807, 2.05) is 17.5 Å². The van der Waals surface area contributed by atoms with Gasteiger partial charge in [0.25, 0.3) is 5.91 Å². The molecule has 0 aliphatic carbocycles. The van der Waals surface area contributed by atoms with E-state index in [0.29, 0.717) is 35.0 Å². The number of carbonyl (C=O) groups excluding carboxylic acids is 1. The number of carbonyl (C=O) groups is 1. The first-order valence-electron chi connectivity index (χ1n) is 8.66. The highest BCUT2D eigenvalue weighted by Gasteiger charge is 2.15. The van der Waals surface area contributed by atoms with Crippen LogP contribution in [0.1, 0.15) is 15.2 Å². The lowest BCUT2D eigenvalue weighted by Gasteiger charge is -2.11. The van der Waals surface area contributed by atoms with Crippen LogP contribution in [-0.2, 0) is 16.4 Å². The highest BCUT2D eigenvalue weighted by Crippen LogP contribution is 2.28. The molecule has 3 aromatic rings. The minimum absolute atomic E-state index is 0.0977. The topological polar surface area (TPSA) is 84.5 Å². The fraction of sp³-hybridized carbons (Fsp3) is 0.150. The van der Waals surface area contributed by atoms with Crippen molar-refractivity contribution in [2.75, 3.05) is 19.0 Å². The Kier molecular flexibility index (Phi) is 6.92. The fourth-order valence-corrected chi connectivity index (χ4v) is 4.52. The molecule has 0 unspecified atom stereocenters. The van der Waals surface area contributed by atoms with Crippen LogP contribution in [0, 0.1) is 0 Å². The molecule has 29 heavy (non-hydrogen) atoms. The summed E-state index contributed by atoms with van der Waals surface area (Å²) in [4.78, 5) is 13.7. The van der Waals surface area contributed by atoms with E-state index in [9.17, 15) is 13.2 Å². The van der Waals surface area contributed by atoms with E-state index in [1.165, 1.54) is 31.4 Å². The quantitative estimate of drug-likeness (QED) is 0.539. The van der Waals surface area contributed by atoms with Crippen LogP contribution in [0.25, 0.3) is 0 Å². The molecule has 3 rings (SSSR count). The largest absolute Gasteiger partial charge is 0.495 e. The summed E-state index contributed by atoms with van der Waals surface area (Å²) in [6, 6.07) is 14.5. The maximum Gasteiger partial charge on any atom is 0.255 e. The zero-order valence-corrected chi connectivity index (χ0v) is 17.9. The SMILES string of the molecule is COc1ccc(Cl)cc1NC(=O)c1ccc(S(=O)(=O)NCCc2cccs2)cc1. The van der Waals surface area contributed by atoms with Crippen molar-refractivity contribution in [3.63, 3.8) is 0 Å². The van der Waals surface area contributed by atoms with E-state index in [2.05, 4.69) is 10.0 Å². The Bertz CT molecular complexity index is 1080. The molecule has 1 amide bonds. The number of ether oxygens (including phenoxy) is 1. The van der Waals surface area contributed by atoms with Crippen molar-refractivity contribution in [1.29, 1.82) is 0 Å². The zero-order chi connectivity index (χ0) is 20.9. The lowest BCUT2D eigenvalue weighted by Crippen LogP contribution is -2.26. The Morgan fingerprint density at radius 2 is 1.90 bits per heavy atom. The van der Waals surface area contributed by atoms with Crippen LogP contribution in [0.5, 0.6) is 5.75 Å². The molecule has 0 atom stereocenters. The van der Waals surface area contributed by atoms with Gasteiger partial charge < -0.3 is 10.1 Å². The van der Waals surface area contributed by atoms with Crippen molar-refractivity contribution in [3.05, 3.63) is 75.4 Å². The van der Waals surface area contributed by atoms with Crippen molar-refractivity contribution in [2.24, 2.45) is 0 Å². The molecular formula is C20H19ClN2O4S2. The van der Waals surface area contributed by atoms with Gasteiger partial charge in [-0.1, -0.05) is 17.7 Å². The maximum atomic E-state index is 12.5. The molecular weight excluding hydrogens is 432 g/mol. The van der Waals surface area contributed by atoms with Gasteiger partial charge in [-0.05, 0) is 60.3 Å². The van der Waals surface area contributed by atoms with Gasteiger partial charge in [-0.2, -0.15) is 0 Å². The molecule has 9 heteroatoms. The molecule has 1 aromatic heterocycles. The number of anilines is 1. The van der Waals surface area contributed by atoms with Crippen LogP contribution in [0.3, 0.4) is 0 Å². The second-order valence-electron chi connectivity index (χ2n) is 6.05. The van der Waals surface area contributed by atoms with E-state index in [0.717, 1.165) is 4.88 Å². The Balaban J connectivity index is 1.66. The summed E-state index contributed by atoms with van der Waals surface area (Å²) in [5.41, 5.74) is 0.738. The molecule has 0 bridgehead atoms. The second-order valence-corrected chi connectivity index (χ2v) is 9.29. The van der Waals surface area contributed by atoms with Crippen molar-refractivity contribution in [3.8, 4) is 5.75 Å². The number of rotatable bonds is 8. The van der Waals surface area contributed by atoms with E-state index < -0.39 is 15.9 Å². The Morgan fingerprint density at radius 3 is 2.55 bits per heavy atom. The smallest absolute Gasteiger partial charge is 0.255 e. The van der Waals surface area contributed by atoms with Crippen LogP contribution in [-0.4, -0.2) is 28.0 Å². The summed E-state index contributed by atoms with van der Waals surface area (Å²) >= 11 is 7.55. The number of benzene rings is 2. The molecule has 0 radical (unpaired) electrons. The van der Waals surface area contributed by atoms with Crippen LogP contribution < -0.4 is 14.8 Å². The third-order valence-corrected chi connectivity index (χ3v) is 6.73. The Labute approximate surface area is 178 Å². The lowest BCUT2D eigenvalue weighted by molar-refractivity contribution is 0.102. The van der Waals surface area contributed by atoms with Gasteiger partial charge in [-0.3, -0.25) is 4.79 Å². The fourth-order valence-electron chi connectivity index (χ4n) is 2.60. The molecule has 0 fully saturated rings. The first-order chi connectivity index (χ1) is 13.9.